The lowest BCUT2D eigenvalue weighted by Crippen LogP contribution is -2.13. The minimum atomic E-state index is -0.279. The summed E-state index contributed by atoms with van der Waals surface area (Å²) in [6, 6.07) is 10.5. The molecule has 4 unspecified atom stereocenters. The molecule has 2 rings (SSSR count). The van der Waals surface area contributed by atoms with Crippen molar-refractivity contribution in [3.63, 3.8) is 0 Å². The molecule has 3 nitrogen and oxygen atoms in total. The van der Waals surface area contributed by atoms with Crippen molar-refractivity contribution in [3.8, 4) is 5.75 Å². The summed E-state index contributed by atoms with van der Waals surface area (Å²) in [5.41, 5.74) is 6.22. The van der Waals surface area contributed by atoms with E-state index in [0.29, 0.717) is 17.4 Å². The van der Waals surface area contributed by atoms with Crippen molar-refractivity contribution in [2.24, 2.45) is 0 Å². The maximum atomic E-state index is 14.2. The molecule has 3 heteroatoms. The van der Waals surface area contributed by atoms with Crippen LogP contribution < -0.4 is 4.74 Å². The molecule has 0 saturated heterocycles. The van der Waals surface area contributed by atoms with E-state index in [1.807, 2.05) is 12.1 Å². The van der Waals surface area contributed by atoms with Crippen molar-refractivity contribution in [1.82, 2.24) is 0 Å². The van der Waals surface area contributed by atoms with Crippen LogP contribution in [0.2, 0.25) is 0 Å². The van der Waals surface area contributed by atoms with Gasteiger partial charge in [-0.1, -0.05) is 131 Å². The molecule has 0 spiro atoms. The number of benzene rings is 2. The van der Waals surface area contributed by atoms with E-state index < -0.39 is 0 Å². The van der Waals surface area contributed by atoms with Crippen LogP contribution in [-0.2, 0) is 0 Å². The number of hydrogen-bond acceptors (Lipinski definition) is 3. The molecule has 2 aromatic carbocycles. The summed E-state index contributed by atoms with van der Waals surface area (Å²) in [6.45, 7) is 17.9. The molecule has 0 aliphatic heterocycles. The van der Waals surface area contributed by atoms with Gasteiger partial charge in [0.05, 0.1) is 7.11 Å². The van der Waals surface area contributed by atoms with Crippen LogP contribution in [0.25, 0.3) is 6.08 Å². The first kappa shape index (κ1) is 36.6. The van der Waals surface area contributed by atoms with Crippen LogP contribution in [0, 0.1) is 0 Å². The predicted octanol–water partition coefficient (Wildman–Crippen LogP) is 12.7. The Labute approximate surface area is 264 Å². The Kier molecular flexibility index (Phi) is 16.2. The topological polar surface area (TPSA) is 46.5 Å². The van der Waals surface area contributed by atoms with E-state index in [9.17, 15) is 9.90 Å². The Morgan fingerprint density at radius 3 is 1.79 bits per heavy atom. The normalized spacial score (nSPS) is 14.8. The van der Waals surface area contributed by atoms with Crippen LogP contribution in [0.3, 0.4) is 0 Å². The third kappa shape index (κ3) is 10.3. The number of carbonyl (C=O) groups excluding carboxylic acids is 1. The minimum absolute atomic E-state index is 0.188. The van der Waals surface area contributed by atoms with Crippen LogP contribution in [-0.4, -0.2) is 18.0 Å². The van der Waals surface area contributed by atoms with Gasteiger partial charge in [0.2, 0.25) is 5.78 Å². The summed E-state index contributed by atoms with van der Waals surface area (Å²) < 4.78 is 5.98. The zero-order chi connectivity index (χ0) is 31.9. The average Bonchev–Trinajstić information content (AvgIpc) is 3.02. The molecule has 240 valence electrons. The second-order valence-electron chi connectivity index (χ2n) is 13.1. The van der Waals surface area contributed by atoms with E-state index in [1.165, 1.54) is 24.0 Å². The van der Waals surface area contributed by atoms with Crippen molar-refractivity contribution in [2.45, 2.75) is 156 Å². The van der Waals surface area contributed by atoms with Crippen molar-refractivity contribution >= 4 is 11.9 Å². The fourth-order valence-electron chi connectivity index (χ4n) is 6.53. The second-order valence-corrected chi connectivity index (χ2v) is 13.1. The lowest BCUT2D eigenvalue weighted by Gasteiger charge is -2.24. The zero-order valence-electron chi connectivity index (χ0n) is 29.0. The molecular weight excluding hydrogens is 528 g/mol. The molecule has 1 N–H and O–H groups in total. The molecule has 0 saturated carbocycles. The highest BCUT2D eigenvalue weighted by molar-refractivity contribution is 6.10. The predicted molar refractivity (Wildman–Crippen MR) is 186 cm³/mol. The SMILES string of the molecule is CCCCC(C)c1cc(C=C(O)C(=O)c2cccc(C(C)CCCC)c2C(C)CCCC)c(C(C)CCCC)c(OC)c1. The number of Topliss-reactive ketones (excluding diaryl/α,β-unsaturated/α-hetero) is 1. The number of ether oxygens (including phenoxy) is 1. The number of unbranched alkanes of at least 4 members (excludes halogenated alkanes) is 4. The number of carbonyl (C=O) groups is 1. The van der Waals surface area contributed by atoms with E-state index in [4.69, 9.17) is 4.74 Å². The zero-order valence-corrected chi connectivity index (χ0v) is 29.0. The summed E-state index contributed by atoms with van der Waals surface area (Å²) in [4.78, 5) is 14.2. The van der Waals surface area contributed by atoms with Crippen LogP contribution in [0.5, 0.6) is 5.75 Å². The van der Waals surface area contributed by atoms with Gasteiger partial charge < -0.3 is 9.84 Å². The summed E-state index contributed by atoms with van der Waals surface area (Å²) in [7, 11) is 1.74. The van der Waals surface area contributed by atoms with Gasteiger partial charge in [0.15, 0.2) is 5.76 Å². The number of aliphatic hydroxyl groups is 1. The molecule has 0 bridgehead atoms. The minimum Gasteiger partial charge on any atom is -0.504 e. The van der Waals surface area contributed by atoms with Crippen LogP contribution >= 0.6 is 0 Å². The van der Waals surface area contributed by atoms with Crippen LogP contribution in [0.1, 0.15) is 194 Å². The average molecular weight is 591 g/mol. The number of rotatable bonds is 20. The molecule has 0 amide bonds. The molecule has 0 heterocycles. The van der Waals surface area contributed by atoms with Gasteiger partial charge in [0, 0.05) is 11.1 Å². The number of ketones is 1. The van der Waals surface area contributed by atoms with Gasteiger partial charge in [-0.2, -0.15) is 0 Å². The van der Waals surface area contributed by atoms with Gasteiger partial charge >= 0.3 is 0 Å². The van der Waals surface area contributed by atoms with Gasteiger partial charge in [-0.3, -0.25) is 4.79 Å². The quantitative estimate of drug-likeness (QED) is 0.0947. The van der Waals surface area contributed by atoms with Gasteiger partial charge in [-0.25, -0.2) is 0 Å². The lowest BCUT2D eigenvalue weighted by molar-refractivity contribution is 0.0978. The molecular formula is C40H62O3. The molecule has 2 aromatic rings. The molecule has 0 aliphatic carbocycles. The Morgan fingerprint density at radius 2 is 1.26 bits per heavy atom. The van der Waals surface area contributed by atoms with E-state index in [-0.39, 0.29) is 23.4 Å². The first-order chi connectivity index (χ1) is 20.6. The van der Waals surface area contributed by atoms with Crippen LogP contribution in [0.15, 0.2) is 36.1 Å². The summed E-state index contributed by atoms with van der Waals surface area (Å²) in [5.74, 6) is 1.62. The van der Waals surface area contributed by atoms with Crippen molar-refractivity contribution in [2.75, 3.05) is 7.11 Å². The molecule has 0 aromatic heterocycles. The lowest BCUT2D eigenvalue weighted by atomic mass is 9.80. The highest BCUT2D eigenvalue weighted by atomic mass is 16.5. The van der Waals surface area contributed by atoms with E-state index >= 15 is 0 Å². The molecule has 0 fully saturated rings. The summed E-state index contributed by atoms with van der Waals surface area (Å²) >= 11 is 0. The van der Waals surface area contributed by atoms with Crippen molar-refractivity contribution in [1.29, 1.82) is 0 Å². The fraction of sp³-hybridized carbons (Fsp3) is 0.625. The number of hydrogen-bond donors (Lipinski definition) is 1. The van der Waals surface area contributed by atoms with Crippen molar-refractivity contribution in [3.05, 3.63) is 69.5 Å². The Balaban J connectivity index is 2.70. The maximum Gasteiger partial charge on any atom is 0.227 e. The molecule has 4 atom stereocenters. The van der Waals surface area contributed by atoms with Gasteiger partial charge in [0.25, 0.3) is 0 Å². The number of aliphatic hydroxyl groups excluding tert-OH is 1. The Hall–Kier alpha value is -2.55. The third-order valence-corrected chi connectivity index (χ3v) is 9.37. The van der Waals surface area contributed by atoms with Gasteiger partial charge in [-0.15, -0.1) is 0 Å². The standard InChI is InChI=1S/C40H62O3/c1-10-14-19-28(5)32-25-33(38(37(27-32)43-9)30(7)21-16-12-3)26-36(41)40(42)35-24-18-23-34(29(6)20-15-11-2)39(35)31(8)22-17-13-4/h18,23-31,41H,10-17,19-22H2,1-9H3. The second kappa shape index (κ2) is 19.0. The van der Waals surface area contributed by atoms with Crippen molar-refractivity contribution < 1.29 is 14.6 Å². The monoisotopic (exact) mass is 590 g/mol. The molecule has 43 heavy (non-hydrogen) atoms. The first-order valence-electron chi connectivity index (χ1n) is 17.4. The fourth-order valence-corrected chi connectivity index (χ4v) is 6.53. The maximum absolute atomic E-state index is 14.2. The summed E-state index contributed by atoms with van der Waals surface area (Å²) in [6.07, 6.45) is 15.1. The van der Waals surface area contributed by atoms with Gasteiger partial charge in [-0.05, 0) is 83.8 Å². The Bertz CT molecular complexity index is 1160. The molecule has 0 radical (unpaired) electrons. The highest BCUT2D eigenvalue weighted by Gasteiger charge is 2.25. The van der Waals surface area contributed by atoms with E-state index in [1.54, 1.807) is 13.2 Å². The van der Waals surface area contributed by atoms with Gasteiger partial charge in [0.1, 0.15) is 5.75 Å². The first-order valence-corrected chi connectivity index (χ1v) is 17.4. The van der Waals surface area contributed by atoms with E-state index in [0.717, 1.165) is 86.6 Å². The van der Waals surface area contributed by atoms with E-state index in [2.05, 4.69) is 73.6 Å². The number of methoxy groups -OCH3 is 1. The third-order valence-electron chi connectivity index (χ3n) is 9.37. The smallest absolute Gasteiger partial charge is 0.227 e. The van der Waals surface area contributed by atoms with Crippen LogP contribution in [0.4, 0.5) is 0 Å². The summed E-state index contributed by atoms with van der Waals surface area (Å²) in [5, 5.41) is 11.6. The largest absolute Gasteiger partial charge is 0.504 e. The molecule has 0 aliphatic rings. The Morgan fingerprint density at radius 1 is 0.744 bits per heavy atom. The number of allylic oxidation sites excluding steroid dienone is 1. The highest BCUT2D eigenvalue weighted by Crippen LogP contribution is 2.39.